The van der Waals surface area contributed by atoms with Gasteiger partial charge >= 0.3 is 0 Å². The number of rotatable bonds is 4. The van der Waals surface area contributed by atoms with Crippen molar-refractivity contribution in [2.24, 2.45) is 0 Å². The first-order valence-electron chi connectivity index (χ1n) is 7.00. The summed E-state index contributed by atoms with van der Waals surface area (Å²) in [4.78, 5) is 0.289. The van der Waals surface area contributed by atoms with Crippen molar-refractivity contribution in [3.8, 4) is 0 Å². The molecule has 0 aromatic heterocycles. The van der Waals surface area contributed by atoms with E-state index in [0.717, 1.165) is 31.4 Å². The predicted molar refractivity (Wildman–Crippen MR) is 79.2 cm³/mol. The van der Waals surface area contributed by atoms with Crippen molar-refractivity contribution < 1.29 is 13.5 Å². The molecule has 5 nitrogen and oxygen atoms in total. The normalized spacial score (nSPS) is 21.4. The average Bonchev–Trinajstić information content (AvgIpc) is 2.73. The molecule has 0 radical (unpaired) electrons. The third-order valence-corrected chi connectivity index (χ3v) is 5.75. The Morgan fingerprint density at radius 1 is 1.25 bits per heavy atom. The second-order valence-electron chi connectivity index (χ2n) is 5.08. The Bertz CT molecular complexity index is 528. The lowest BCUT2D eigenvalue weighted by atomic mass is 10.1. The van der Waals surface area contributed by atoms with E-state index < -0.39 is 10.0 Å². The fourth-order valence-electron chi connectivity index (χ4n) is 2.58. The van der Waals surface area contributed by atoms with Gasteiger partial charge in [-0.15, -0.1) is 0 Å². The summed E-state index contributed by atoms with van der Waals surface area (Å²) in [5.41, 5.74) is 0.874. The van der Waals surface area contributed by atoms with Crippen LogP contribution in [0.15, 0.2) is 29.2 Å². The summed E-state index contributed by atoms with van der Waals surface area (Å²) in [6.45, 7) is 0.370. The molecule has 1 unspecified atom stereocenters. The summed E-state index contributed by atoms with van der Waals surface area (Å²) in [5.74, 6) is 0. The van der Waals surface area contributed by atoms with E-state index in [1.165, 1.54) is 4.31 Å². The Kier molecular flexibility index (Phi) is 5.01. The molecule has 6 heteroatoms. The number of benzene rings is 1. The van der Waals surface area contributed by atoms with E-state index in [1.54, 1.807) is 31.3 Å². The third kappa shape index (κ3) is 3.13. The number of sulfonamides is 1. The number of anilines is 1. The van der Waals surface area contributed by atoms with Gasteiger partial charge in [-0.05, 0) is 37.1 Å². The molecule has 1 saturated heterocycles. The molecule has 20 heavy (non-hydrogen) atoms. The van der Waals surface area contributed by atoms with Crippen LogP contribution in [0.5, 0.6) is 0 Å². The molecular weight excluding hydrogens is 276 g/mol. The first-order chi connectivity index (χ1) is 9.59. The van der Waals surface area contributed by atoms with Crippen LogP contribution in [0.1, 0.15) is 25.7 Å². The summed E-state index contributed by atoms with van der Waals surface area (Å²) in [5, 5.41) is 12.4. The van der Waals surface area contributed by atoms with Gasteiger partial charge < -0.3 is 10.4 Å². The van der Waals surface area contributed by atoms with Crippen LogP contribution in [0.3, 0.4) is 0 Å². The van der Waals surface area contributed by atoms with Gasteiger partial charge in [-0.2, -0.15) is 4.31 Å². The Labute approximate surface area is 120 Å². The van der Waals surface area contributed by atoms with Crippen LogP contribution < -0.4 is 5.32 Å². The average molecular weight is 298 g/mol. The van der Waals surface area contributed by atoms with Crippen LogP contribution in [-0.2, 0) is 10.0 Å². The van der Waals surface area contributed by atoms with Crippen LogP contribution in [0.25, 0.3) is 0 Å². The minimum atomic E-state index is -3.53. The molecule has 0 spiro atoms. The molecule has 0 aliphatic carbocycles. The molecule has 1 heterocycles. The second-order valence-corrected chi connectivity index (χ2v) is 6.97. The van der Waals surface area contributed by atoms with E-state index in [0.29, 0.717) is 6.54 Å². The molecule has 2 N–H and O–H groups in total. The standard InChI is InChI=1S/C14H22N2O3S/c1-15-12-6-8-14(9-7-12)20(18,19)16-10-4-2-3-5-13(16)11-17/h6-9,13,15,17H,2-5,10-11H2,1H3. The highest BCUT2D eigenvalue weighted by Crippen LogP contribution is 2.25. The molecule has 0 bridgehead atoms. The van der Waals surface area contributed by atoms with Crippen LogP contribution in [-0.4, -0.2) is 44.1 Å². The molecule has 1 aromatic carbocycles. The Morgan fingerprint density at radius 2 is 1.95 bits per heavy atom. The molecule has 1 aliphatic rings. The number of nitrogens with zero attached hydrogens (tertiary/aromatic N) is 1. The quantitative estimate of drug-likeness (QED) is 0.887. The number of aliphatic hydroxyl groups is 1. The fraction of sp³-hybridized carbons (Fsp3) is 0.571. The van der Waals surface area contributed by atoms with E-state index in [-0.39, 0.29) is 17.5 Å². The molecular formula is C14H22N2O3S. The summed E-state index contributed by atoms with van der Waals surface area (Å²) < 4.78 is 26.9. The van der Waals surface area contributed by atoms with Gasteiger partial charge in [0.1, 0.15) is 0 Å². The first kappa shape index (κ1) is 15.3. The summed E-state index contributed by atoms with van der Waals surface area (Å²) in [6, 6.07) is 6.42. The maximum absolute atomic E-state index is 12.7. The number of hydrogen-bond donors (Lipinski definition) is 2. The van der Waals surface area contributed by atoms with E-state index in [2.05, 4.69) is 5.32 Å². The minimum absolute atomic E-state index is 0.117. The van der Waals surface area contributed by atoms with Crippen molar-refractivity contribution in [1.82, 2.24) is 4.31 Å². The van der Waals surface area contributed by atoms with Crippen LogP contribution in [0.2, 0.25) is 0 Å². The number of aliphatic hydroxyl groups excluding tert-OH is 1. The zero-order valence-corrected chi connectivity index (χ0v) is 12.6. The van der Waals surface area contributed by atoms with Crippen LogP contribution >= 0.6 is 0 Å². The van der Waals surface area contributed by atoms with Crippen LogP contribution in [0.4, 0.5) is 5.69 Å². The SMILES string of the molecule is CNc1ccc(S(=O)(=O)N2CCCCCC2CO)cc1. The lowest BCUT2D eigenvalue weighted by Gasteiger charge is -2.27. The van der Waals surface area contributed by atoms with Gasteiger partial charge in [0.25, 0.3) is 0 Å². The van der Waals surface area contributed by atoms with Gasteiger partial charge in [0.15, 0.2) is 0 Å². The molecule has 112 valence electrons. The van der Waals surface area contributed by atoms with Crippen molar-refractivity contribution in [3.63, 3.8) is 0 Å². The number of nitrogens with one attached hydrogen (secondary N) is 1. The van der Waals surface area contributed by atoms with Crippen LogP contribution in [0, 0.1) is 0 Å². The third-order valence-electron chi connectivity index (χ3n) is 3.78. The molecule has 1 aromatic rings. The highest BCUT2D eigenvalue weighted by molar-refractivity contribution is 7.89. The Balaban J connectivity index is 2.30. The zero-order valence-electron chi connectivity index (χ0n) is 11.7. The second kappa shape index (κ2) is 6.56. The fourth-order valence-corrected chi connectivity index (χ4v) is 4.26. The van der Waals surface area contributed by atoms with Gasteiger partial charge in [-0.1, -0.05) is 12.8 Å². The number of hydrogen-bond acceptors (Lipinski definition) is 4. The van der Waals surface area contributed by atoms with E-state index in [9.17, 15) is 13.5 Å². The van der Waals surface area contributed by atoms with Gasteiger partial charge in [0.05, 0.1) is 11.5 Å². The van der Waals surface area contributed by atoms with Gasteiger partial charge in [0.2, 0.25) is 10.0 Å². The molecule has 0 saturated carbocycles. The Hall–Kier alpha value is -1.11. The summed E-state index contributed by atoms with van der Waals surface area (Å²) in [6.07, 6.45) is 3.56. The van der Waals surface area contributed by atoms with Crippen molar-refractivity contribution in [1.29, 1.82) is 0 Å². The van der Waals surface area contributed by atoms with Gasteiger partial charge in [0, 0.05) is 25.3 Å². The van der Waals surface area contributed by atoms with Crippen molar-refractivity contribution in [3.05, 3.63) is 24.3 Å². The minimum Gasteiger partial charge on any atom is -0.395 e. The Morgan fingerprint density at radius 3 is 2.55 bits per heavy atom. The lowest BCUT2D eigenvalue weighted by molar-refractivity contribution is 0.186. The molecule has 2 rings (SSSR count). The van der Waals surface area contributed by atoms with Gasteiger partial charge in [-0.25, -0.2) is 8.42 Å². The molecule has 1 atom stereocenters. The summed E-state index contributed by atoms with van der Waals surface area (Å²) in [7, 11) is -1.73. The van der Waals surface area contributed by atoms with Crippen molar-refractivity contribution in [2.45, 2.75) is 36.6 Å². The monoisotopic (exact) mass is 298 g/mol. The van der Waals surface area contributed by atoms with E-state index in [4.69, 9.17) is 0 Å². The highest BCUT2D eigenvalue weighted by Gasteiger charge is 2.31. The zero-order chi connectivity index (χ0) is 14.6. The maximum Gasteiger partial charge on any atom is 0.243 e. The van der Waals surface area contributed by atoms with E-state index >= 15 is 0 Å². The first-order valence-corrected chi connectivity index (χ1v) is 8.44. The lowest BCUT2D eigenvalue weighted by Crippen LogP contribution is -2.41. The smallest absolute Gasteiger partial charge is 0.243 e. The predicted octanol–water partition coefficient (Wildman–Crippen LogP) is 1.65. The largest absolute Gasteiger partial charge is 0.395 e. The van der Waals surface area contributed by atoms with Crippen molar-refractivity contribution in [2.75, 3.05) is 25.5 Å². The topological polar surface area (TPSA) is 69.6 Å². The van der Waals surface area contributed by atoms with Crippen molar-refractivity contribution >= 4 is 15.7 Å². The molecule has 1 aliphatic heterocycles. The molecule has 1 fully saturated rings. The van der Waals surface area contributed by atoms with Gasteiger partial charge in [-0.3, -0.25) is 0 Å². The maximum atomic E-state index is 12.7. The molecule has 0 amide bonds. The van der Waals surface area contributed by atoms with E-state index in [1.807, 2.05) is 0 Å². The summed E-state index contributed by atoms with van der Waals surface area (Å²) >= 11 is 0. The highest BCUT2D eigenvalue weighted by atomic mass is 32.2.